The Labute approximate surface area is 221 Å². The van der Waals surface area contributed by atoms with Crippen molar-refractivity contribution in [2.45, 2.75) is 20.3 Å². The maximum Gasteiger partial charge on any atom is 0.0540 e. The summed E-state index contributed by atoms with van der Waals surface area (Å²) in [5.74, 6) is 0.559. The fourth-order valence-corrected chi connectivity index (χ4v) is 5.03. The molecule has 0 heterocycles. The summed E-state index contributed by atoms with van der Waals surface area (Å²) in [6, 6.07) is 32.8. The Morgan fingerprint density at radius 3 is 2.14 bits per heavy atom. The maximum atomic E-state index is 4.35. The van der Waals surface area contributed by atoms with E-state index in [1.54, 1.807) is 0 Å². The van der Waals surface area contributed by atoms with Crippen LogP contribution in [0, 0.1) is 5.92 Å². The number of anilines is 4. The maximum absolute atomic E-state index is 4.35. The van der Waals surface area contributed by atoms with E-state index in [0.29, 0.717) is 5.92 Å². The van der Waals surface area contributed by atoms with E-state index < -0.39 is 0 Å². The molecule has 0 aromatic heterocycles. The number of aliphatic imine (C=N–C) groups is 1. The lowest BCUT2D eigenvalue weighted by Gasteiger charge is -2.28. The smallest absolute Gasteiger partial charge is 0.0540 e. The average molecular weight is 486 g/mol. The topological polar surface area (TPSA) is 18.8 Å². The first-order valence-corrected chi connectivity index (χ1v) is 13.1. The van der Waals surface area contributed by atoms with Crippen LogP contribution in [-0.2, 0) is 0 Å². The fourth-order valence-electron chi connectivity index (χ4n) is 5.03. The van der Waals surface area contributed by atoms with E-state index in [0.717, 1.165) is 35.6 Å². The van der Waals surface area contributed by atoms with Crippen LogP contribution in [-0.4, -0.2) is 26.4 Å². The minimum absolute atomic E-state index is 0.559. The molecule has 0 aliphatic heterocycles. The molecule has 1 aliphatic carbocycles. The lowest BCUT2D eigenvalue weighted by Crippen LogP contribution is -2.19. The molecule has 0 spiro atoms. The highest BCUT2D eigenvalue weighted by Crippen LogP contribution is 2.39. The first kappa shape index (κ1) is 24.6. The molecule has 0 saturated heterocycles. The van der Waals surface area contributed by atoms with Gasteiger partial charge in [0.25, 0.3) is 0 Å². The molecule has 4 aromatic rings. The molecule has 0 N–H and O–H groups in total. The molecule has 3 nitrogen and oxygen atoms in total. The van der Waals surface area contributed by atoms with Gasteiger partial charge in [-0.3, -0.25) is 4.99 Å². The molecule has 1 atom stereocenters. The van der Waals surface area contributed by atoms with Crippen molar-refractivity contribution in [2.75, 3.05) is 30.4 Å². The minimum atomic E-state index is 0.559. The molecule has 1 unspecified atom stereocenters. The largest absolute Gasteiger partial charge is 0.374 e. The zero-order valence-electron chi connectivity index (χ0n) is 22.2. The number of nitrogens with zero attached hydrogens (tertiary/aromatic N) is 3. The van der Waals surface area contributed by atoms with Gasteiger partial charge >= 0.3 is 0 Å². The summed E-state index contributed by atoms with van der Waals surface area (Å²) in [6.45, 7) is 5.33. The van der Waals surface area contributed by atoms with Crippen LogP contribution in [0.2, 0.25) is 0 Å². The highest BCUT2D eigenvalue weighted by Gasteiger charge is 2.16. The van der Waals surface area contributed by atoms with Gasteiger partial charge in [0.2, 0.25) is 0 Å². The van der Waals surface area contributed by atoms with Crippen molar-refractivity contribution < 1.29 is 0 Å². The summed E-state index contributed by atoms with van der Waals surface area (Å²) in [7, 11) is 4.02. The SMILES string of the molecule is CN=C(C)c1ccc(N(c2ccc(N(C)CCC3=CC=CC3C)cc2)c2cccc3ccccc23)cc1. The van der Waals surface area contributed by atoms with Crippen LogP contribution in [0.15, 0.2) is 120 Å². The Morgan fingerprint density at radius 1 is 0.811 bits per heavy atom. The summed E-state index contributed by atoms with van der Waals surface area (Å²) in [5, 5.41) is 2.46. The second kappa shape index (κ2) is 10.9. The van der Waals surface area contributed by atoms with E-state index in [9.17, 15) is 0 Å². The van der Waals surface area contributed by atoms with Crippen LogP contribution < -0.4 is 9.80 Å². The van der Waals surface area contributed by atoms with Gasteiger partial charge in [0.1, 0.15) is 0 Å². The van der Waals surface area contributed by atoms with Crippen LogP contribution in [0.4, 0.5) is 22.7 Å². The molecule has 5 rings (SSSR count). The van der Waals surface area contributed by atoms with Gasteiger partial charge in [-0.2, -0.15) is 0 Å². The van der Waals surface area contributed by atoms with Crippen LogP contribution in [0.3, 0.4) is 0 Å². The first-order valence-electron chi connectivity index (χ1n) is 13.1. The van der Waals surface area contributed by atoms with E-state index in [-0.39, 0.29) is 0 Å². The van der Waals surface area contributed by atoms with Gasteiger partial charge in [-0.15, -0.1) is 0 Å². The minimum Gasteiger partial charge on any atom is -0.374 e. The Balaban J connectivity index is 1.48. The third-order valence-corrected chi connectivity index (χ3v) is 7.47. The zero-order chi connectivity index (χ0) is 25.8. The first-order chi connectivity index (χ1) is 18.0. The summed E-state index contributed by atoms with van der Waals surface area (Å²) in [5.41, 5.74) is 8.35. The van der Waals surface area contributed by atoms with Gasteiger partial charge in [-0.1, -0.05) is 79.3 Å². The van der Waals surface area contributed by atoms with Crippen molar-refractivity contribution in [3.63, 3.8) is 0 Å². The van der Waals surface area contributed by atoms with Gasteiger partial charge < -0.3 is 9.80 Å². The van der Waals surface area contributed by atoms with Gasteiger partial charge in [-0.05, 0) is 72.7 Å². The molecule has 0 amide bonds. The van der Waals surface area contributed by atoms with Crippen LogP contribution in [0.1, 0.15) is 25.8 Å². The van der Waals surface area contributed by atoms with Crippen LogP contribution in [0.5, 0.6) is 0 Å². The predicted molar refractivity (Wildman–Crippen MR) is 161 cm³/mol. The van der Waals surface area contributed by atoms with Gasteiger partial charge in [0, 0.05) is 48.8 Å². The summed E-state index contributed by atoms with van der Waals surface area (Å²) in [4.78, 5) is 9.05. The lowest BCUT2D eigenvalue weighted by molar-refractivity contribution is 0.770. The molecule has 4 aromatic carbocycles. The van der Waals surface area contributed by atoms with E-state index in [2.05, 4.69) is 138 Å². The third kappa shape index (κ3) is 5.22. The Morgan fingerprint density at radius 2 is 1.46 bits per heavy atom. The van der Waals surface area contributed by atoms with E-state index in [1.165, 1.54) is 27.7 Å². The Kier molecular flexibility index (Phi) is 7.23. The molecule has 0 fully saturated rings. The lowest BCUT2D eigenvalue weighted by atomic mass is 10.0. The van der Waals surface area contributed by atoms with Crippen molar-refractivity contribution in [1.82, 2.24) is 0 Å². The number of hydrogen-bond donors (Lipinski definition) is 0. The monoisotopic (exact) mass is 485 g/mol. The predicted octanol–water partition coefficient (Wildman–Crippen LogP) is 8.71. The highest BCUT2D eigenvalue weighted by molar-refractivity contribution is 6.01. The summed E-state index contributed by atoms with van der Waals surface area (Å²) in [6.07, 6.45) is 7.80. The molecule has 37 heavy (non-hydrogen) atoms. The standard InChI is InChI=1S/C34H35N3/c1-25-9-7-11-27(25)23-24-36(4)30-19-21-32(22-20-30)37(31-17-15-28(16-18-31)26(2)35-3)34-14-8-12-29-10-5-6-13-33(29)34/h5-22,25H,23-24H2,1-4H3. The number of benzene rings is 4. The fraction of sp³-hybridized carbons (Fsp3) is 0.206. The highest BCUT2D eigenvalue weighted by atomic mass is 15.1. The number of rotatable bonds is 8. The average Bonchev–Trinajstić information content (AvgIpc) is 3.36. The number of allylic oxidation sites excluding steroid dienone is 3. The van der Waals surface area contributed by atoms with E-state index in [4.69, 9.17) is 0 Å². The molecular formula is C34H35N3. The van der Waals surface area contributed by atoms with E-state index in [1.807, 2.05) is 14.0 Å². The molecule has 3 heteroatoms. The number of fused-ring (bicyclic) bond motifs is 1. The van der Waals surface area contributed by atoms with Gasteiger partial charge in [-0.25, -0.2) is 0 Å². The summed E-state index contributed by atoms with van der Waals surface area (Å²) < 4.78 is 0. The molecule has 0 saturated carbocycles. The molecule has 0 radical (unpaired) electrons. The Bertz CT molecular complexity index is 1450. The second-order valence-corrected chi connectivity index (χ2v) is 9.79. The summed E-state index contributed by atoms with van der Waals surface area (Å²) >= 11 is 0. The zero-order valence-corrected chi connectivity index (χ0v) is 22.2. The normalized spacial score (nSPS) is 15.2. The number of hydrogen-bond acceptors (Lipinski definition) is 3. The van der Waals surface area contributed by atoms with Crippen molar-refractivity contribution in [3.05, 3.63) is 120 Å². The third-order valence-electron chi connectivity index (χ3n) is 7.47. The van der Waals surface area contributed by atoms with Crippen molar-refractivity contribution in [3.8, 4) is 0 Å². The molecular weight excluding hydrogens is 450 g/mol. The van der Waals surface area contributed by atoms with Gasteiger partial charge in [0.15, 0.2) is 0 Å². The Hall–Kier alpha value is -4.11. The van der Waals surface area contributed by atoms with E-state index >= 15 is 0 Å². The molecule has 1 aliphatic rings. The van der Waals surface area contributed by atoms with Crippen molar-refractivity contribution >= 4 is 39.2 Å². The quantitative estimate of drug-likeness (QED) is 0.232. The molecule has 186 valence electrons. The van der Waals surface area contributed by atoms with Gasteiger partial charge in [0.05, 0.1) is 5.69 Å². The van der Waals surface area contributed by atoms with Crippen LogP contribution in [0.25, 0.3) is 10.8 Å². The van der Waals surface area contributed by atoms with Crippen molar-refractivity contribution in [1.29, 1.82) is 0 Å². The van der Waals surface area contributed by atoms with Crippen molar-refractivity contribution in [2.24, 2.45) is 10.9 Å². The second-order valence-electron chi connectivity index (χ2n) is 9.79. The van der Waals surface area contributed by atoms with Crippen LogP contribution >= 0.6 is 0 Å². The molecule has 0 bridgehead atoms.